The van der Waals surface area contributed by atoms with Crippen molar-refractivity contribution >= 4 is 5.69 Å². The van der Waals surface area contributed by atoms with Gasteiger partial charge in [0.25, 0.3) is 0 Å². The highest BCUT2D eigenvalue weighted by Gasteiger charge is 2.04. The lowest BCUT2D eigenvalue weighted by Crippen LogP contribution is -2.17. The Balaban J connectivity index is 1.94. The summed E-state index contributed by atoms with van der Waals surface area (Å²) in [5, 5.41) is 7.69. The molecule has 0 saturated carbocycles. The summed E-state index contributed by atoms with van der Waals surface area (Å²) in [5.41, 5.74) is 2.43. The smallest absolute Gasteiger partial charge is 0.137 e. The molecule has 0 aliphatic heterocycles. The molecule has 0 fully saturated rings. The molecule has 1 aromatic carbocycles. The van der Waals surface area contributed by atoms with E-state index in [4.69, 9.17) is 0 Å². The van der Waals surface area contributed by atoms with Crippen molar-refractivity contribution in [2.24, 2.45) is 0 Å². The predicted octanol–water partition coefficient (Wildman–Crippen LogP) is 3.32. The molecule has 1 heterocycles. The molecule has 0 bridgehead atoms. The number of nitrogens with one attached hydrogen (secondary N) is 1. The molecule has 2 rings (SSSR count). The normalized spacial score (nSPS) is 12.3. The standard InChI is InChI=1S/C15H22N4/c1-3-5-14(4-2)18-15-8-6-13(7-9-15)10-19-12-16-11-17-19/h6-9,11-12,14,18H,3-5,10H2,1-2H3. The Hall–Kier alpha value is -1.84. The van der Waals surface area contributed by atoms with E-state index in [1.54, 1.807) is 12.7 Å². The number of rotatable bonds is 7. The molecule has 102 valence electrons. The van der Waals surface area contributed by atoms with E-state index >= 15 is 0 Å². The monoisotopic (exact) mass is 258 g/mol. The van der Waals surface area contributed by atoms with Gasteiger partial charge in [-0.2, -0.15) is 5.10 Å². The van der Waals surface area contributed by atoms with Crippen molar-refractivity contribution in [2.75, 3.05) is 5.32 Å². The van der Waals surface area contributed by atoms with Crippen LogP contribution in [0.5, 0.6) is 0 Å². The Morgan fingerprint density at radius 2 is 2.00 bits per heavy atom. The maximum Gasteiger partial charge on any atom is 0.137 e. The lowest BCUT2D eigenvalue weighted by Gasteiger charge is -2.17. The van der Waals surface area contributed by atoms with Crippen LogP contribution in [-0.2, 0) is 6.54 Å². The van der Waals surface area contributed by atoms with Gasteiger partial charge >= 0.3 is 0 Å². The van der Waals surface area contributed by atoms with E-state index in [0.717, 1.165) is 13.0 Å². The first kappa shape index (κ1) is 13.6. The van der Waals surface area contributed by atoms with Gasteiger partial charge in [-0.3, -0.25) is 0 Å². The van der Waals surface area contributed by atoms with Crippen molar-refractivity contribution in [3.05, 3.63) is 42.5 Å². The quantitative estimate of drug-likeness (QED) is 0.828. The number of benzene rings is 1. The van der Waals surface area contributed by atoms with Crippen LogP contribution >= 0.6 is 0 Å². The van der Waals surface area contributed by atoms with Gasteiger partial charge in [-0.25, -0.2) is 9.67 Å². The van der Waals surface area contributed by atoms with E-state index in [1.165, 1.54) is 24.1 Å². The summed E-state index contributed by atoms with van der Waals surface area (Å²) in [5.74, 6) is 0. The molecule has 0 spiro atoms. The fourth-order valence-electron chi connectivity index (χ4n) is 2.17. The van der Waals surface area contributed by atoms with Crippen LogP contribution in [0.3, 0.4) is 0 Å². The summed E-state index contributed by atoms with van der Waals surface area (Å²) < 4.78 is 1.83. The molecule has 4 nitrogen and oxygen atoms in total. The van der Waals surface area contributed by atoms with Crippen molar-refractivity contribution in [1.82, 2.24) is 14.8 Å². The maximum absolute atomic E-state index is 4.11. The summed E-state index contributed by atoms with van der Waals surface area (Å²) in [6, 6.07) is 9.15. The zero-order valence-corrected chi connectivity index (χ0v) is 11.7. The van der Waals surface area contributed by atoms with Crippen LogP contribution in [0.2, 0.25) is 0 Å². The Bertz CT molecular complexity index is 461. The lowest BCUT2D eigenvalue weighted by atomic mass is 10.1. The van der Waals surface area contributed by atoms with E-state index < -0.39 is 0 Å². The number of anilines is 1. The average Bonchev–Trinajstić information content (AvgIpc) is 2.93. The van der Waals surface area contributed by atoms with Crippen LogP contribution in [0.15, 0.2) is 36.9 Å². The van der Waals surface area contributed by atoms with Gasteiger partial charge < -0.3 is 5.32 Å². The SMILES string of the molecule is CCCC(CC)Nc1ccc(Cn2cncn2)cc1. The summed E-state index contributed by atoms with van der Waals surface area (Å²) in [7, 11) is 0. The van der Waals surface area contributed by atoms with Gasteiger partial charge in [0.1, 0.15) is 12.7 Å². The van der Waals surface area contributed by atoms with Crippen LogP contribution in [0.25, 0.3) is 0 Å². The first-order valence-corrected chi connectivity index (χ1v) is 6.99. The number of hydrogen-bond acceptors (Lipinski definition) is 3. The molecule has 19 heavy (non-hydrogen) atoms. The summed E-state index contributed by atoms with van der Waals surface area (Å²) >= 11 is 0. The Morgan fingerprint density at radius 1 is 1.21 bits per heavy atom. The fourth-order valence-corrected chi connectivity index (χ4v) is 2.17. The molecule has 0 saturated heterocycles. The molecule has 1 atom stereocenters. The topological polar surface area (TPSA) is 42.7 Å². The summed E-state index contributed by atoms with van der Waals surface area (Å²) in [6.07, 6.45) is 6.90. The largest absolute Gasteiger partial charge is 0.382 e. The molecule has 2 aromatic rings. The number of aromatic nitrogens is 3. The molecule has 1 aromatic heterocycles. The number of hydrogen-bond donors (Lipinski definition) is 1. The highest BCUT2D eigenvalue weighted by molar-refractivity contribution is 5.45. The zero-order valence-electron chi connectivity index (χ0n) is 11.7. The molecule has 0 aliphatic carbocycles. The second kappa shape index (κ2) is 6.92. The minimum absolute atomic E-state index is 0.575. The van der Waals surface area contributed by atoms with E-state index in [1.807, 2.05) is 4.68 Å². The first-order valence-electron chi connectivity index (χ1n) is 6.99. The predicted molar refractivity (Wildman–Crippen MR) is 78.2 cm³/mol. The van der Waals surface area contributed by atoms with E-state index in [9.17, 15) is 0 Å². The highest BCUT2D eigenvalue weighted by atomic mass is 15.3. The third-order valence-corrected chi connectivity index (χ3v) is 3.27. The van der Waals surface area contributed by atoms with E-state index in [0.29, 0.717) is 6.04 Å². The van der Waals surface area contributed by atoms with Gasteiger partial charge in [0, 0.05) is 11.7 Å². The summed E-state index contributed by atoms with van der Waals surface area (Å²) in [6.45, 7) is 5.23. The molecule has 0 aliphatic rings. The lowest BCUT2D eigenvalue weighted by molar-refractivity contribution is 0.622. The molecular weight excluding hydrogens is 236 g/mol. The third-order valence-electron chi connectivity index (χ3n) is 3.27. The Kier molecular flexibility index (Phi) is 4.95. The fraction of sp³-hybridized carbons (Fsp3) is 0.467. The average molecular weight is 258 g/mol. The molecule has 1 unspecified atom stereocenters. The first-order chi connectivity index (χ1) is 9.31. The van der Waals surface area contributed by atoms with Crippen molar-refractivity contribution in [1.29, 1.82) is 0 Å². The van der Waals surface area contributed by atoms with E-state index in [2.05, 4.69) is 53.5 Å². The zero-order chi connectivity index (χ0) is 13.5. The Labute approximate surface area is 114 Å². The summed E-state index contributed by atoms with van der Waals surface area (Å²) in [4.78, 5) is 3.95. The van der Waals surface area contributed by atoms with Crippen LogP contribution < -0.4 is 5.32 Å². The van der Waals surface area contributed by atoms with Gasteiger partial charge in [-0.05, 0) is 30.5 Å². The second-order valence-electron chi connectivity index (χ2n) is 4.83. The minimum atomic E-state index is 0.575. The van der Waals surface area contributed by atoms with E-state index in [-0.39, 0.29) is 0 Å². The highest BCUT2D eigenvalue weighted by Crippen LogP contribution is 2.14. The Morgan fingerprint density at radius 3 is 2.58 bits per heavy atom. The maximum atomic E-state index is 4.11. The molecule has 4 heteroatoms. The van der Waals surface area contributed by atoms with Gasteiger partial charge in [0.15, 0.2) is 0 Å². The molecular formula is C15H22N4. The third kappa shape index (κ3) is 4.09. The molecule has 0 radical (unpaired) electrons. The van der Waals surface area contributed by atoms with Crippen LogP contribution in [0.4, 0.5) is 5.69 Å². The van der Waals surface area contributed by atoms with Gasteiger partial charge in [-0.15, -0.1) is 0 Å². The second-order valence-corrected chi connectivity index (χ2v) is 4.83. The van der Waals surface area contributed by atoms with Crippen molar-refractivity contribution < 1.29 is 0 Å². The number of nitrogens with zero attached hydrogens (tertiary/aromatic N) is 3. The van der Waals surface area contributed by atoms with Gasteiger partial charge in [-0.1, -0.05) is 32.4 Å². The minimum Gasteiger partial charge on any atom is -0.382 e. The van der Waals surface area contributed by atoms with Crippen LogP contribution in [-0.4, -0.2) is 20.8 Å². The molecule has 1 N–H and O–H groups in total. The van der Waals surface area contributed by atoms with Crippen LogP contribution in [0, 0.1) is 0 Å². The van der Waals surface area contributed by atoms with Gasteiger partial charge in [0.2, 0.25) is 0 Å². The van der Waals surface area contributed by atoms with Gasteiger partial charge in [0.05, 0.1) is 6.54 Å². The molecule has 0 amide bonds. The van der Waals surface area contributed by atoms with Crippen molar-refractivity contribution in [3.63, 3.8) is 0 Å². The van der Waals surface area contributed by atoms with Crippen LogP contribution in [0.1, 0.15) is 38.7 Å². The van der Waals surface area contributed by atoms with Crippen molar-refractivity contribution in [3.8, 4) is 0 Å². The van der Waals surface area contributed by atoms with Crippen molar-refractivity contribution in [2.45, 2.75) is 45.7 Å².